The van der Waals surface area contributed by atoms with Crippen LogP contribution in [-0.2, 0) is 23.1 Å². The van der Waals surface area contributed by atoms with Gasteiger partial charge in [0.1, 0.15) is 6.54 Å². The summed E-state index contributed by atoms with van der Waals surface area (Å²) in [6.45, 7) is 3.00. The van der Waals surface area contributed by atoms with Gasteiger partial charge in [0.2, 0.25) is 5.91 Å². The Kier molecular flexibility index (Phi) is 5.90. The Morgan fingerprint density at radius 3 is 2.33 bits per heavy atom. The van der Waals surface area contributed by atoms with E-state index in [4.69, 9.17) is 11.6 Å². The molecule has 9 heteroatoms. The van der Waals surface area contributed by atoms with Crippen molar-refractivity contribution in [3.8, 4) is 11.3 Å². The van der Waals surface area contributed by atoms with Crippen LogP contribution in [0.4, 0.5) is 13.2 Å². The molecule has 5 nitrogen and oxygen atoms in total. The summed E-state index contributed by atoms with van der Waals surface area (Å²) in [6, 6.07) is 12.0. The maximum Gasteiger partial charge on any atom is 0.416 e. The van der Waals surface area contributed by atoms with Gasteiger partial charge in [-0.25, -0.2) is 4.79 Å². The zero-order valence-corrected chi connectivity index (χ0v) is 18.9. The molecule has 1 fully saturated rings. The van der Waals surface area contributed by atoms with Crippen molar-refractivity contribution in [1.29, 1.82) is 0 Å². The number of nitrogens with zero attached hydrogens (tertiary/aromatic N) is 2. The predicted molar refractivity (Wildman–Crippen MR) is 120 cm³/mol. The van der Waals surface area contributed by atoms with Crippen molar-refractivity contribution in [2.45, 2.75) is 51.0 Å². The molecular formula is C24H23ClF3N3O2. The lowest BCUT2D eigenvalue weighted by atomic mass is 9.92. The molecule has 0 unspecified atom stereocenters. The van der Waals surface area contributed by atoms with Gasteiger partial charge in [0.05, 0.1) is 16.8 Å². The highest BCUT2D eigenvalue weighted by Gasteiger charge is 2.33. The Morgan fingerprint density at radius 1 is 1.09 bits per heavy atom. The molecule has 1 aliphatic carbocycles. The van der Waals surface area contributed by atoms with Crippen LogP contribution in [0.3, 0.4) is 0 Å². The van der Waals surface area contributed by atoms with Crippen LogP contribution in [-0.4, -0.2) is 15.0 Å². The number of hydrogen-bond acceptors (Lipinski definition) is 2. The molecule has 0 saturated heterocycles. The third-order valence-electron chi connectivity index (χ3n) is 5.72. The molecule has 3 aromatic rings. The summed E-state index contributed by atoms with van der Waals surface area (Å²) < 4.78 is 42.3. The van der Waals surface area contributed by atoms with Crippen molar-refractivity contribution in [3.63, 3.8) is 0 Å². The largest absolute Gasteiger partial charge is 0.416 e. The van der Waals surface area contributed by atoms with E-state index in [1.165, 1.54) is 16.7 Å². The molecule has 1 saturated carbocycles. The summed E-state index contributed by atoms with van der Waals surface area (Å²) in [5.41, 5.74) is -0.325. The minimum absolute atomic E-state index is 0.0917. The number of amides is 1. The fourth-order valence-electron chi connectivity index (χ4n) is 3.84. The van der Waals surface area contributed by atoms with Gasteiger partial charge in [0.15, 0.2) is 0 Å². The maximum atomic E-state index is 13.1. The first-order valence-corrected chi connectivity index (χ1v) is 10.9. The van der Waals surface area contributed by atoms with E-state index < -0.39 is 23.2 Å². The van der Waals surface area contributed by atoms with Crippen molar-refractivity contribution < 1.29 is 18.0 Å². The smallest absolute Gasteiger partial charge is 0.346 e. The lowest BCUT2D eigenvalue weighted by molar-refractivity contribution is -0.137. The number of halogens is 4. The van der Waals surface area contributed by atoms with Gasteiger partial charge in [-0.15, -0.1) is 0 Å². The van der Waals surface area contributed by atoms with Crippen LogP contribution in [0.25, 0.3) is 11.3 Å². The molecule has 174 valence electrons. The van der Waals surface area contributed by atoms with Gasteiger partial charge in [0, 0.05) is 17.3 Å². The van der Waals surface area contributed by atoms with Crippen LogP contribution in [0, 0.1) is 0 Å². The summed E-state index contributed by atoms with van der Waals surface area (Å²) in [7, 11) is 0. The van der Waals surface area contributed by atoms with Gasteiger partial charge in [-0.1, -0.05) is 35.9 Å². The molecule has 1 aromatic heterocycles. The van der Waals surface area contributed by atoms with Crippen LogP contribution in [0.2, 0.25) is 5.02 Å². The Hall–Kier alpha value is -3.00. The van der Waals surface area contributed by atoms with Crippen molar-refractivity contribution in [2.24, 2.45) is 0 Å². The summed E-state index contributed by atoms with van der Waals surface area (Å²) in [5.74, 6) is -0.477. The molecule has 4 rings (SSSR count). The lowest BCUT2D eigenvalue weighted by Crippen LogP contribution is -2.43. The van der Waals surface area contributed by atoms with Crippen molar-refractivity contribution in [3.05, 3.63) is 81.4 Å². The Bertz CT molecular complexity index is 1240. The van der Waals surface area contributed by atoms with Crippen LogP contribution >= 0.6 is 11.6 Å². The zero-order chi connectivity index (χ0) is 24.0. The fourth-order valence-corrected chi connectivity index (χ4v) is 3.96. The molecule has 1 heterocycles. The third kappa shape index (κ3) is 5.00. The van der Waals surface area contributed by atoms with E-state index >= 15 is 0 Å². The van der Waals surface area contributed by atoms with Crippen LogP contribution in [0.1, 0.15) is 43.9 Å². The minimum atomic E-state index is -4.48. The normalized spacial score (nSPS) is 14.4. The molecule has 33 heavy (non-hydrogen) atoms. The number of rotatable bonds is 6. The second-order valence-corrected chi connectivity index (χ2v) is 9.22. The highest BCUT2D eigenvalue weighted by Crippen LogP contribution is 2.37. The first kappa shape index (κ1) is 23.2. The van der Waals surface area contributed by atoms with E-state index in [-0.39, 0.29) is 18.3 Å². The van der Waals surface area contributed by atoms with Gasteiger partial charge in [-0.05, 0) is 62.1 Å². The van der Waals surface area contributed by atoms with Crippen LogP contribution < -0.4 is 11.0 Å². The van der Waals surface area contributed by atoms with Crippen molar-refractivity contribution in [1.82, 2.24) is 14.5 Å². The number of carbonyl (C=O) groups is 1. The Balaban J connectivity index is 1.57. The molecule has 1 amide bonds. The monoisotopic (exact) mass is 477 g/mol. The third-order valence-corrected chi connectivity index (χ3v) is 5.97. The highest BCUT2D eigenvalue weighted by atomic mass is 35.5. The number of imidazole rings is 1. The topological polar surface area (TPSA) is 56.0 Å². The molecule has 0 aliphatic heterocycles. The van der Waals surface area contributed by atoms with E-state index in [1.807, 2.05) is 12.1 Å². The van der Waals surface area contributed by atoms with E-state index in [9.17, 15) is 22.8 Å². The number of aromatic nitrogens is 2. The van der Waals surface area contributed by atoms with E-state index in [0.29, 0.717) is 16.3 Å². The first-order chi connectivity index (χ1) is 15.5. The molecule has 2 aromatic carbocycles. The summed E-state index contributed by atoms with van der Waals surface area (Å²) in [6.07, 6.45) is -1.06. The van der Waals surface area contributed by atoms with Gasteiger partial charge in [0.25, 0.3) is 0 Å². The number of benzene rings is 2. The predicted octanol–water partition coefficient (Wildman–Crippen LogP) is 5.38. The number of hydrogen-bond donors (Lipinski definition) is 1. The van der Waals surface area contributed by atoms with Gasteiger partial charge in [-0.3, -0.25) is 13.9 Å². The standard InChI is InChI=1S/C24H23ClF3N3O2/c1-23(2,16-4-3-5-17(12-16)24(26,27)28)29-21(32)14-30-13-20(15-6-8-18(25)9-7-15)31(22(30)33)19-10-11-19/h3-9,12-13,19H,10-11,14H2,1-2H3,(H,29,32). The second kappa shape index (κ2) is 8.41. The lowest BCUT2D eigenvalue weighted by Gasteiger charge is -2.27. The van der Waals surface area contributed by atoms with Crippen LogP contribution in [0.15, 0.2) is 59.5 Å². The maximum absolute atomic E-state index is 13.1. The molecule has 0 spiro atoms. The quantitative estimate of drug-likeness (QED) is 0.518. The fraction of sp³-hybridized carbons (Fsp3) is 0.333. The molecule has 1 N–H and O–H groups in total. The van der Waals surface area contributed by atoms with E-state index in [2.05, 4.69) is 5.32 Å². The number of alkyl halides is 3. The Morgan fingerprint density at radius 2 is 1.73 bits per heavy atom. The molecule has 1 aliphatic rings. The molecular weight excluding hydrogens is 455 g/mol. The first-order valence-electron chi connectivity index (χ1n) is 10.5. The molecule has 0 radical (unpaired) electrons. The average Bonchev–Trinajstić information content (AvgIpc) is 3.52. The molecule has 0 bridgehead atoms. The van der Waals surface area contributed by atoms with Crippen LogP contribution in [0.5, 0.6) is 0 Å². The van der Waals surface area contributed by atoms with Gasteiger partial charge < -0.3 is 5.32 Å². The number of carbonyl (C=O) groups excluding carboxylic acids is 1. The van der Waals surface area contributed by atoms with Gasteiger partial charge >= 0.3 is 11.9 Å². The van der Waals surface area contributed by atoms with Crippen molar-refractivity contribution in [2.75, 3.05) is 0 Å². The average molecular weight is 478 g/mol. The number of nitrogens with one attached hydrogen (secondary N) is 1. The zero-order valence-electron chi connectivity index (χ0n) is 18.1. The van der Waals surface area contributed by atoms with Crippen molar-refractivity contribution >= 4 is 17.5 Å². The molecule has 0 atom stereocenters. The van der Waals surface area contributed by atoms with E-state index in [0.717, 1.165) is 30.5 Å². The highest BCUT2D eigenvalue weighted by molar-refractivity contribution is 6.30. The summed E-state index contributed by atoms with van der Waals surface area (Å²) in [5, 5.41) is 3.33. The van der Waals surface area contributed by atoms with Gasteiger partial charge in [-0.2, -0.15) is 13.2 Å². The summed E-state index contributed by atoms with van der Waals surface area (Å²) in [4.78, 5) is 25.8. The summed E-state index contributed by atoms with van der Waals surface area (Å²) >= 11 is 5.98. The Labute approximate surface area is 193 Å². The second-order valence-electron chi connectivity index (χ2n) is 8.78. The SMILES string of the molecule is CC(C)(NC(=O)Cn1cc(-c2ccc(Cl)cc2)n(C2CC2)c1=O)c1cccc(C(F)(F)F)c1. The minimum Gasteiger partial charge on any atom is -0.346 e. The van der Waals surface area contributed by atoms with E-state index in [1.54, 1.807) is 36.7 Å².